The number of halogens is 2. The van der Waals surface area contributed by atoms with Gasteiger partial charge in [0.25, 0.3) is 0 Å². The number of rotatable bonds is 4. The van der Waals surface area contributed by atoms with Gasteiger partial charge in [0, 0.05) is 22.3 Å². The Morgan fingerprint density at radius 3 is 2.50 bits per heavy atom. The average Bonchev–Trinajstić information content (AvgIpc) is 2.27. The maximum absolute atomic E-state index is 11.6. The minimum Gasteiger partial charge on any atom is -0.465 e. The predicted octanol–water partition coefficient (Wildman–Crippen LogP) is 3.09. The highest BCUT2D eigenvalue weighted by Crippen LogP contribution is 2.17. The summed E-state index contributed by atoms with van der Waals surface area (Å²) in [6.07, 6.45) is 0.362. The molecule has 0 amide bonds. The maximum atomic E-state index is 11.6. The van der Waals surface area contributed by atoms with E-state index in [-0.39, 0.29) is 11.3 Å². The molecule has 0 heterocycles. The number of carbonyl (C=O) groups excluding carboxylic acids is 2. The second kappa shape index (κ2) is 6.01. The first-order valence-electron chi connectivity index (χ1n) is 4.56. The third kappa shape index (κ3) is 3.32. The van der Waals surface area contributed by atoms with E-state index in [9.17, 15) is 9.59 Å². The lowest BCUT2D eigenvalue weighted by atomic mass is 10.1. The number of benzene rings is 1. The maximum Gasteiger partial charge on any atom is 0.337 e. The normalized spacial score (nSPS) is 9.94. The number of esters is 1. The average molecular weight is 306 g/mol. The van der Waals surface area contributed by atoms with Crippen LogP contribution in [0.5, 0.6) is 0 Å². The quantitative estimate of drug-likeness (QED) is 0.488. The Morgan fingerprint density at radius 1 is 1.31 bits per heavy atom. The fourth-order valence-corrected chi connectivity index (χ4v) is 1.81. The monoisotopic (exact) mass is 304 g/mol. The van der Waals surface area contributed by atoms with E-state index in [1.807, 2.05) is 0 Å². The summed E-state index contributed by atoms with van der Waals surface area (Å²) in [7, 11) is 1.28. The Morgan fingerprint density at radius 2 is 1.94 bits per heavy atom. The summed E-state index contributed by atoms with van der Waals surface area (Å²) in [6.45, 7) is 0. The summed E-state index contributed by atoms with van der Waals surface area (Å²) >= 11 is 9.01. The molecule has 3 nitrogen and oxygen atoms in total. The van der Waals surface area contributed by atoms with Crippen LogP contribution in [0.15, 0.2) is 18.2 Å². The largest absolute Gasteiger partial charge is 0.465 e. The van der Waals surface area contributed by atoms with E-state index in [1.165, 1.54) is 19.2 Å². The second-order valence-electron chi connectivity index (χ2n) is 3.08. The van der Waals surface area contributed by atoms with E-state index in [0.29, 0.717) is 22.3 Å². The third-order valence-electron chi connectivity index (χ3n) is 1.96. The molecule has 16 heavy (non-hydrogen) atoms. The highest BCUT2D eigenvalue weighted by Gasteiger charge is 2.12. The van der Waals surface area contributed by atoms with Crippen LogP contribution in [0.2, 0.25) is 5.02 Å². The summed E-state index contributed by atoms with van der Waals surface area (Å²) in [4.78, 5) is 22.9. The Kier molecular flexibility index (Phi) is 4.96. The van der Waals surface area contributed by atoms with Gasteiger partial charge in [-0.3, -0.25) is 4.79 Å². The molecule has 0 unspecified atom stereocenters. The van der Waals surface area contributed by atoms with Crippen LogP contribution in [0.3, 0.4) is 0 Å². The number of hydrogen-bond acceptors (Lipinski definition) is 3. The SMILES string of the molecule is COC(=O)c1cc(Cl)cc(C(=O)CCBr)c1. The number of alkyl halides is 1. The van der Waals surface area contributed by atoms with E-state index < -0.39 is 5.97 Å². The van der Waals surface area contributed by atoms with Crippen molar-refractivity contribution in [3.05, 3.63) is 34.3 Å². The lowest BCUT2D eigenvalue weighted by Gasteiger charge is -2.04. The molecule has 0 bridgehead atoms. The van der Waals surface area contributed by atoms with Crippen molar-refractivity contribution in [3.63, 3.8) is 0 Å². The van der Waals surface area contributed by atoms with Crippen molar-refractivity contribution in [1.29, 1.82) is 0 Å². The zero-order chi connectivity index (χ0) is 12.1. The second-order valence-corrected chi connectivity index (χ2v) is 4.31. The van der Waals surface area contributed by atoms with Crippen LogP contribution in [-0.4, -0.2) is 24.2 Å². The van der Waals surface area contributed by atoms with E-state index in [2.05, 4.69) is 20.7 Å². The predicted molar refractivity (Wildman–Crippen MR) is 65.5 cm³/mol. The molecule has 0 spiro atoms. The summed E-state index contributed by atoms with van der Waals surface area (Å²) in [5.41, 5.74) is 0.709. The molecule has 0 aliphatic heterocycles. The first-order chi connectivity index (χ1) is 7.58. The van der Waals surface area contributed by atoms with E-state index >= 15 is 0 Å². The molecular weight excluding hydrogens is 295 g/mol. The van der Waals surface area contributed by atoms with Gasteiger partial charge in [-0.25, -0.2) is 4.79 Å². The Hall–Kier alpha value is -0.870. The lowest BCUT2D eigenvalue weighted by molar-refractivity contribution is 0.0600. The Bertz CT molecular complexity index is 418. The van der Waals surface area contributed by atoms with Gasteiger partial charge in [-0.2, -0.15) is 0 Å². The van der Waals surface area contributed by atoms with Crippen molar-refractivity contribution < 1.29 is 14.3 Å². The molecule has 0 aliphatic carbocycles. The fourth-order valence-electron chi connectivity index (χ4n) is 1.22. The number of hydrogen-bond donors (Lipinski definition) is 0. The molecule has 1 aromatic carbocycles. The first-order valence-corrected chi connectivity index (χ1v) is 6.06. The van der Waals surface area contributed by atoms with Crippen molar-refractivity contribution in [2.45, 2.75) is 6.42 Å². The number of ether oxygens (including phenoxy) is 1. The van der Waals surface area contributed by atoms with Crippen molar-refractivity contribution in [2.75, 3.05) is 12.4 Å². The van der Waals surface area contributed by atoms with Gasteiger partial charge in [0.15, 0.2) is 5.78 Å². The highest BCUT2D eigenvalue weighted by atomic mass is 79.9. The van der Waals surface area contributed by atoms with Crippen molar-refractivity contribution in [1.82, 2.24) is 0 Å². The minimum atomic E-state index is -0.504. The highest BCUT2D eigenvalue weighted by molar-refractivity contribution is 9.09. The van der Waals surface area contributed by atoms with E-state index in [0.717, 1.165) is 0 Å². The zero-order valence-corrected chi connectivity index (χ0v) is 11.0. The molecule has 0 N–H and O–H groups in total. The molecule has 0 aliphatic rings. The van der Waals surface area contributed by atoms with Gasteiger partial charge in [-0.1, -0.05) is 27.5 Å². The van der Waals surface area contributed by atoms with Crippen LogP contribution in [0.1, 0.15) is 27.1 Å². The molecule has 0 atom stereocenters. The zero-order valence-electron chi connectivity index (χ0n) is 8.63. The number of Topliss-reactive ketones (excluding diaryl/α,β-unsaturated/α-hetero) is 1. The standard InChI is InChI=1S/C11H10BrClO3/c1-16-11(15)8-4-7(5-9(13)6-8)10(14)2-3-12/h4-6H,2-3H2,1H3. The van der Waals surface area contributed by atoms with Crippen LogP contribution in [0.25, 0.3) is 0 Å². The van der Waals surface area contributed by atoms with Gasteiger partial charge < -0.3 is 4.74 Å². The van der Waals surface area contributed by atoms with Gasteiger partial charge >= 0.3 is 5.97 Å². The Labute approximate surface area is 107 Å². The first kappa shape index (κ1) is 13.2. The third-order valence-corrected chi connectivity index (χ3v) is 2.58. The van der Waals surface area contributed by atoms with Crippen molar-refractivity contribution >= 4 is 39.3 Å². The number of methoxy groups -OCH3 is 1. The number of ketones is 1. The summed E-state index contributed by atoms with van der Waals surface area (Å²) in [5.74, 6) is -0.570. The molecule has 1 aromatic rings. The molecule has 0 aromatic heterocycles. The Balaban J connectivity index is 3.07. The number of carbonyl (C=O) groups is 2. The smallest absolute Gasteiger partial charge is 0.337 e. The van der Waals surface area contributed by atoms with Gasteiger partial charge in [-0.05, 0) is 18.2 Å². The molecule has 0 saturated heterocycles. The van der Waals surface area contributed by atoms with E-state index in [1.54, 1.807) is 6.07 Å². The van der Waals surface area contributed by atoms with Crippen LogP contribution < -0.4 is 0 Å². The summed E-state index contributed by atoms with van der Waals surface area (Å²) in [5, 5.41) is 0.923. The van der Waals surface area contributed by atoms with Crippen LogP contribution in [0.4, 0.5) is 0 Å². The fraction of sp³-hybridized carbons (Fsp3) is 0.273. The van der Waals surface area contributed by atoms with Crippen molar-refractivity contribution in [2.24, 2.45) is 0 Å². The topological polar surface area (TPSA) is 43.4 Å². The van der Waals surface area contributed by atoms with Gasteiger partial charge in [0.1, 0.15) is 0 Å². The molecule has 0 fully saturated rings. The molecule has 86 valence electrons. The summed E-state index contributed by atoms with van der Waals surface area (Å²) < 4.78 is 4.57. The molecule has 5 heteroatoms. The van der Waals surface area contributed by atoms with Crippen LogP contribution >= 0.6 is 27.5 Å². The molecule has 1 rings (SSSR count). The van der Waals surface area contributed by atoms with E-state index in [4.69, 9.17) is 11.6 Å². The molecule has 0 saturated carbocycles. The van der Waals surface area contributed by atoms with Crippen molar-refractivity contribution in [3.8, 4) is 0 Å². The van der Waals surface area contributed by atoms with Gasteiger partial charge in [0.2, 0.25) is 0 Å². The van der Waals surface area contributed by atoms with Crippen LogP contribution in [-0.2, 0) is 4.74 Å². The van der Waals surface area contributed by atoms with Crippen LogP contribution in [0, 0.1) is 0 Å². The summed E-state index contributed by atoms with van der Waals surface area (Å²) in [6, 6.07) is 4.50. The molecular formula is C11H10BrClO3. The lowest BCUT2D eigenvalue weighted by Crippen LogP contribution is -2.05. The van der Waals surface area contributed by atoms with Gasteiger partial charge in [0.05, 0.1) is 12.7 Å². The molecule has 0 radical (unpaired) electrons. The minimum absolute atomic E-state index is 0.0653. The van der Waals surface area contributed by atoms with Gasteiger partial charge in [-0.15, -0.1) is 0 Å².